The lowest BCUT2D eigenvalue weighted by Crippen LogP contribution is -2.53. The maximum absolute atomic E-state index is 11.7. The molecule has 4 nitrogen and oxygen atoms in total. The summed E-state index contributed by atoms with van der Waals surface area (Å²) in [4.78, 5) is 0. The summed E-state index contributed by atoms with van der Waals surface area (Å²) < 4.78 is 12.0. The predicted octanol–water partition coefficient (Wildman–Crippen LogP) is 3.58. The Hall–Kier alpha value is -0.680. The van der Waals surface area contributed by atoms with E-state index in [4.69, 9.17) is 9.47 Å². The molecule has 154 valence electrons. The summed E-state index contributed by atoms with van der Waals surface area (Å²) >= 11 is 0. The minimum atomic E-state index is -0.715. The second-order valence-electron chi connectivity index (χ2n) is 10.6. The summed E-state index contributed by atoms with van der Waals surface area (Å²) in [5, 5.41) is 21.0. The summed E-state index contributed by atoms with van der Waals surface area (Å²) in [6.45, 7) is 3.87. The zero-order chi connectivity index (χ0) is 19.1. The van der Waals surface area contributed by atoms with Crippen molar-refractivity contribution in [2.24, 2.45) is 35.0 Å². The van der Waals surface area contributed by atoms with E-state index in [0.29, 0.717) is 23.7 Å². The molecule has 2 N–H and O–H groups in total. The predicted molar refractivity (Wildman–Crippen MR) is 105 cm³/mol. The molecule has 6 rings (SSSR count). The number of aliphatic hydroxyl groups excluding tert-OH is 1. The van der Waals surface area contributed by atoms with Crippen LogP contribution in [0.2, 0.25) is 0 Å². The molecule has 5 aliphatic carbocycles. The van der Waals surface area contributed by atoms with Crippen LogP contribution in [0.1, 0.15) is 58.3 Å². The van der Waals surface area contributed by atoms with E-state index in [-0.39, 0.29) is 17.8 Å². The molecule has 1 spiro atoms. The van der Waals surface area contributed by atoms with Crippen LogP contribution in [0.5, 0.6) is 0 Å². The van der Waals surface area contributed by atoms with Crippen LogP contribution in [-0.2, 0) is 9.47 Å². The van der Waals surface area contributed by atoms with Gasteiger partial charge in [-0.3, -0.25) is 0 Å². The minimum absolute atomic E-state index is 0.0225. The third kappa shape index (κ3) is 2.21. The van der Waals surface area contributed by atoms with Gasteiger partial charge in [-0.2, -0.15) is 0 Å². The second-order valence-corrected chi connectivity index (χ2v) is 10.6. The van der Waals surface area contributed by atoms with Crippen LogP contribution in [0.25, 0.3) is 0 Å². The van der Waals surface area contributed by atoms with E-state index in [9.17, 15) is 10.2 Å². The van der Waals surface area contributed by atoms with Crippen LogP contribution in [0, 0.1) is 35.0 Å². The van der Waals surface area contributed by atoms with Crippen LogP contribution < -0.4 is 0 Å². The van der Waals surface area contributed by atoms with E-state index < -0.39 is 5.60 Å². The Morgan fingerprint density at radius 2 is 1.93 bits per heavy atom. The molecule has 7 atom stereocenters. The van der Waals surface area contributed by atoms with E-state index in [1.54, 1.807) is 17.2 Å². The average molecular weight is 387 g/mol. The molecule has 3 saturated carbocycles. The van der Waals surface area contributed by atoms with Crippen LogP contribution >= 0.6 is 0 Å². The van der Waals surface area contributed by atoms with Gasteiger partial charge in [0.05, 0.1) is 25.4 Å². The molecule has 0 unspecified atom stereocenters. The van der Waals surface area contributed by atoms with Crippen molar-refractivity contribution in [2.75, 3.05) is 19.8 Å². The van der Waals surface area contributed by atoms with Gasteiger partial charge in [0.2, 0.25) is 0 Å². The first-order valence-electron chi connectivity index (χ1n) is 11.5. The van der Waals surface area contributed by atoms with Gasteiger partial charge in [-0.15, -0.1) is 0 Å². The molecule has 1 aliphatic heterocycles. The molecular formula is C24H34O4. The lowest BCUT2D eigenvalue weighted by molar-refractivity contribution is -0.166. The summed E-state index contributed by atoms with van der Waals surface area (Å²) in [6, 6.07) is 0. The highest BCUT2D eigenvalue weighted by Gasteiger charge is 2.74. The molecule has 4 fully saturated rings. The quantitative estimate of drug-likeness (QED) is 0.712. The highest BCUT2D eigenvalue weighted by molar-refractivity contribution is 5.34. The van der Waals surface area contributed by atoms with Crippen molar-refractivity contribution >= 4 is 0 Å². The third-order valence-electron chi connectivity index (χ3n) is 9.70. The molecule has 1 heterocycles. The van der Waals surface area contributed by atoms with Gasteiger partial charge in [0, 0.05) is 18.3 Å². The first-order chi connectivity index (χ1) is 13.5. The van der Waals surface area contributed by atoms with Gasteiger partial charge in [-0.1, -0.05) is 30.2 Å². The van der Waals surface area contributed by atoms with E-state index in [2.05, 4.69) is 6.92 Å². The molecular weight excluding hydrogens is 352 g/mol. The van der Waals surface area contributed by atoms with Gasteiger partial charge in [-0.25, -0.2) is 0 Å². The second kappa shape index (κ2) is 5.94. The normalized spacial score (nSPS) is 51.2. The fourth-order valence-electron chi connectivity index (χ4n) is 8.53. The lowest BCUT2D eigenvalue weighted by Gasteiger charge is -2.56. The van der Waals surface area contributed by atoms with Crippen LogP contribution in [-0.4, -0.2) is 41.4 Å². The number of hydrogen-bond donors (Lipinski definition) is 2. The fourth-order valence-corrected chi connectivity index (χ4v) is 8.53. The Balaban J connectivity index is 1.31. The highest BCUT2D eigenvalue weighted by atomic mass is 16.7. The molecule has 1 saturated heterocycles. The van der Waals surface area contributed by atoms with Gasteiger partial charge in [0.25, 0.3) is 0 Å². The molecule has 28 heavy (non-hydrogen) atoms. The lowest BCUT2D eigenvalue weighted by atomic mass is 9.50. The number of ether oxygens (including phenoxy) is 2. The number of fused-ring (bicyclic) bond motifs is 6. The van der Waals surface area contributed by atoms with Crippen LogP contribution in [0.3, 0.4) is 0 Å². The van der Waals surface area contributed by atoms with Gasteiger partial charge in [-0.05, 0) is 68.1 Å². The molecule has 0 aromatic rings. The zero-order valence-electron chi connectivity index (χ0n) is 17.0. The molecule has 0 amide bonds. The Bertz CT molecular complexity index is 735. The number of allylic oxidation sites excluding steroid dienone is 1. The van der Waals surface area contributed by atoms with Gasteiger partial charge >= 0.3 is 0 Å². The van der Waals surface area contributed by atoms with Gasteiger partial charge < -0.3 is 19.7 Å². The first kappa shape index (κ1) is 18.1. The Morgan fingerprint density at radius 1 is 1.11 bits per heavy atom. The molecule has 0 radical (unpaired) electrons. The van der Waals surface area contributed by atoms with E-state index in [1.165, 1.54) is 25.7 Å². The minimum Gasteiger partial charge on any atom is -0.392 e. The zero-order valence-corrected chi connectivity index (χ0v) is 17.0. The monoisotopic (exact) mass is 386 g/mol. The standard InChI is InChI=1S/C24H34O4/c1-22-8-5-17-16-6-9-23(27-11-12-28-23)14-15(16)3-4-18(17)21(22)19-13-20(19)24(22,26)7-2-10-25/h2,7,17-21,25-26H,3-6,8-14H2,1H3/b7-2-/t17-,18-,19+,20-,21-,22+,24+/m1/s1. The molecule has 6 aliphatic rings. The fraction of sp³-hybridized carbons (Fsp3) is 0.833. The SMILES string of the molecule is C[C@]12CC[C@@H]3C4=C(CC[C@H]3[C@@H]1[C@H]1C[C@H]1[C@@]2(O)/C=C\CO)CC1(CC4)OCCO1. The van der Waals surface area contributed by atoms with E-state index in [1.807, 2.05) is 6.08 Å². The van der Waals surface area contributed by atoms with Crippen molar-refractivity contribution in [3.63, 3.8) is 0 Å². The maximum Gasteiger partial charge on any atom is 0.172 e. The summed E-state index contributed by atoms with van der Waals surface area (Å²) in [5.74, 6) is 2.86. The summed E-state index contributed by atoms with van der Waals surface area (Å²) in [6.07, 6.45) is 12.8. The van der Waals surface area contributed by atoms with Crippen molar-refractivity contribution in [3.8, 4) is 0 Å². The number of rotatable bonds is 2. The highest BCUT2D eigenvalue weighted by Crippen LogP contribution is 2.76. The van der Waals surface area contributed by atoms with Crippen molar-refractivity contribution < 1.29 is 19.7 Å². The topological polar surface area (TPSA) is 58.9 Å². The molecule has 0 aromatic carbocycles. The van der Waals surface area contributed by atoms with E-state index >= 15 is 0 Å². The van der Waals surface area contributed by atoms with Crippen molar-refractivity contribution in [1.29, 1.82) is 0 Å². The summed E-state index contributed by atoms with van der Waals surface area (Å²) in [7, 11) is 0. The number of hydrogen-bond acceptors (Lipinski definition) is 4. The average Bonchev–Trinajstić information content (AvgIpc) is 3.32. The molecule has 0 aromatic heterocycles. The third-order valence-corrected chi connectivity index (χ3v) is 9.70. The molecule has 0 bridgehead atoms. The smallest absolute Gasteiger partial charge is 0.172 e. The summed E-state index contributed by atoms with van der Waals surface area (Å²) in [5.41, 5.74) is 2.63. The number of aliphatic hydroxyl groups is 2. The van der Waals surface area contributed by atoms with Crippen molar-refractivity contribution in [3.05, 3.63) is 23.3 Å². The Labute approximate surface area is 168 Å². The van der Waals surface area contributed by atoms with Crippen molar-refractivity contribution in [2.45, 2.75) is 69.7 Å². The first-order valence-corrected chi connectivity index (χ1v) is 11.5. The van der Waals surface area contributed by atoms with Crippen LogP contribution in [0.4, 0.5) is 0 Å². The maximum atomic E-state index is 11.7. The largest absolute Gasteiger partial charge is 0.392 e. The molecule has 4 heteroatoms. The Morgan fingerprint density at radius 3 is 2.71 bits per heavy atom. The van der Waals surface area contributed by atoms with Gasteiger partial charge in [0.15, 0.2) is 5.79 Å². The van der Waals surface area contributed by atoms with Crippen molar-refractivity contribution in [1.82, 2.24) is 0 Å². The Kier molecular flexibility index (Phi) is 3.84. The van der Waals surface area contributed by atoms with E-state index in [0.717, 1.165) is 44.8 Å². The van der Waals surface area contributed by atoms with Crippen LogP contribution in [0.15, 0.2) is 23.3 Å². The van der Waals surface area contributed by atoms with Gasteiger partial charge in [0.1, 0.15) is 0 Å².